The zero-order valence-electron chi connectivity index (χ0n) is 43.7. The maximum absolute atomic E-state index is 4.97. The lowest BCUT2D eigenvalue weighted by atomic mass is 9.91. The molecule has 3 aromatic heterocycles. The normalized spacial score (nSPS) is 12.4. The Balaban J connectivity index is 0.860. The Morgan fingerprint density at radius 2 is 0.613 bits per heavy atom. The fourth-order valence-corrected chi connectivity index (χ4v) is 14.5. The first-order valence-corrected chi connectivity index (χ1v) is 29.0. The highest BCUT2D eigenvalue weighted by atomic mass is 32.1. The third-order valence-electron chi connectivity index (χ3n) is 15.8. The molecule has 1 aliphatic carbocycles. The van der Waals surface area contributed by atoms with Gasteiger partial charge in [-0.1, -0.05) is 206 Å². The van der Waals surface area contributed by atoms with Crippen LogP contribution in [0.25, 0.3) is 146 Å². The Morgan fingerprint density at radius 3 is 1.00 bits per heavy atom. The lowest BCUT2D eigenvalue weighted by Crippen LogP contribution is -1.91. The van der Waals surface area contributed by atoms with E-state index in [1.165, 1.54) is 118 Å². The molecule has 0 saturated heterocycles. The van der Waals surface area contributed by atoms with Gasteiger partial charge >= 0.3 is 0 Å². The lowest BCUT2D eigenvalue weighted by Gasteiger charge is -2.13. The monoisotopic (exact) mass is 1050 g/mol. The molecule has 0 radical (unpaired) electrons. The van der Waals surface area contributed by atoms with Crippen molar-refractivity contribution in [3.63, 3.8) is 0 Å². The summed E-state index contributed by atoms with van der Waals surface area (Å²) in [4.78, 5) is 9.94. The molecular formula is C76H50N2S2. The molecule has 4 heteroatoms. The number of rotatable bonds is 10. The van der Waals surface area contributed by atoms with E-state index in [4.69, 9.17) is 9.97 Å². The van der Waals surface area contributed by atoms with Crippen LogP contribution in [0, 0.1) is 0 Å². The van der Waals surface area contributed by atoms with Crippen LogP contribution in [-0.4, -0.2) is 9.97 Å². The van der Waals surface area contributed by atoms with Crippen molar-refractivity contribution in [2.45, 2.75) is 12.8 Å². The van der Waals surface area contributed by atoms with Crippen LogP contribution in [0.2, 0.25) is 0 Å². The quantitative estimate of drug-likeness (QED) is 0.136. The zero-order chi connectivity index (χ0) is 52.9. The third kappa shape index (κ3) is 8.76. The number of nitrogens with zero attached hydrogens (tertiary/aromatic N) is 2. The number of fused-ring (bicyclic) bond motifs is 6. The highest BCUT2D eigenvalue weighted by molar-refractivity contribution is 7.27. The molecule has 0 fully saturated rings. The Labute approximate surface area is 473 Å². The first-order valence-electron chi connectivity index (χ1n) is 27.4. The van der Waals surface area contributed by atoms with Crippen LogP contribution in [0.4, 0.5) is 0 Å². The van der Waals surface area contributed by atoms with Gasteiger partial charge in [0.15, 0.2) is 0 Å². The van der Waals surface area contributed by atoms with Gasteiger partial charge < -0.3 is 0 Å². The molecule has 0 spiro atoms. The number of thiophene rings is 2. The van der Waals surface area contributed by atoms with Crippen molar-refractivity contribution >= 4 is 68.6 Å². The summed E-state index contributed by atoms with van der Waals surface area (Å²) in [5.41, 5.74) is 23.4. The maximum atomic E-state index is 4.97. The van der Waals surface area contributed by atoms with Crippen molar-refractivity contribution in [3.05, 3.63) is 285 Å². The molecule has 0 saturated carbocycles. The number of benzene rings is 11. The van der Waals surface area contributed by atoms with Gasteiger partial charge in [-0.05, 0) is 152 Å². The molecule has 80 heavy (non-hydrogen) atoms. The second-order valence-corrected chi connectivity index (χ2v) is 22.8. The topological polar surface area (TPSA) is 25.8 Å². The van der Waals surface area contributed by atoms with Crippen molar-refractivity contribution in [1.82, 2.24) is 9.97 Å². The van der Waals surface area contributed by atoms with Gasteiger partial charge in [-0.3, -0.25) is 0 Å². The van der Waals surface area contributed by atoms with Gasteiger partial charge in [0.2, 0.25) is 0 Å². The summed E-state index contributed by atoms with van der Waals surface area (Å²) in [6.45, 7) is 0. The molecule has 0 amide bonds. The van der Waals surface area contributed by atoms with Crippen LogP contribution in [0.5, 0.6) is 0 Å². The van der Waals surface area contributed by atoms with Gasteiger partial charge in [0.1, 0.15) is 6.33 Å². The average molecular weight is 1060 g/mol. The highest BCUT2D eigenvalue weighted by Gasteiger charge is 2.22. The third-order valence-corrected chi connectivity index (χ3v) is 18.4. The fourth-order valence-electron chi connectivity index (χ4n) is 11.8. The Kier molecular flexibility index (Phi) is 12.1. The summed E-state index contributed by atoms with van der Waals surface area (Å²) in [5, 5.41) is 5.09. The van der Waals surface area contributed by atoms with Crippen molar-refractivity contribution in [1.29, 1.82) is 0 Å². The minimum absolute atomic E-state index is 0.875. The summed E-state index contributed by atoms with van der Waals surface area (Å²) in [7, 11) is 0. The summed E-state index contributed by atoms with van der Waals surface area (Å²) in [6, 6.07) is 93.3. The smallest absolute Gasteiger partial charge is 0.116 e. The molecule has 15 rings (SSSR count). The first kappa shape index (κ1) is 47.6. The number of allylic oxidation sites excluding steroid dienone is 4. The second-order valence-electron chi connectivity index (χ2n) is 20.7. The van der Waals surface area contributed by atoms with E-state index in [9.17, 15) is 0 Å². The van der Waals surface area contributed by atoms with Gasteiger partial charge in [0.05, 0.1) is 11.4 Å². The Bertz CT molecular complexity index is 4730. The van der Waals surface area contributed by atoms with Gasteiger partial charge in [0, 0.05) is 68.2 Å². The van der Waals surface area contributed by atoms with Crippen molar-refractivity contribution in [2.24, 2.45) is 0 Å². The molecule has 14 aromatic rings. The lowest BCUT2D eigenvalue weighted by molar-refractivity contribution is 1.06. The maximum Gasteiger partial charge on any atom is 0.116 e. The number of hydrogen-bond donors (Lipinski definition) is 0. The van der Waals surface area contributed by atoms with E-state index < -0.39 is 0 Å². The van der Waals surface area contributed by atoms with Crippen molar-refractivity contribution in [2.75, 3.05) is 0 Å². The van der Waals surface area contributed by atoms with Gasteiger partial charge in [-0.2, -0.15) is 0 Å². The zero-order valence-corrected chi connectivity index (χ0v) is 45.3. The molecule has 1 aliphatic rings. The molecule has 2 nitrogen and oxygen atoms in total. The van der Waals surface area contributed by atoms with E-state index in [-0.39, 0.29) is 0 Å². The van der Waals surface area contributed by atoms with E-state index in [1.807, 2.05) is 22.7 Å². The Morgan fingerprint density at radius 1 is 0.275 bits per heavy atom. The van der Waals surface area contributed by atoms with Crippen molar-refractivity contribution < 1.29 is 0 Å². The SMILES string of the molecule is C1=CCCC(c2cc(-c3ccccc3)cc3c2sc2c(-c4cccc(-c5cc(-c6cccc(-c7cc(-c8ccccc8)cc8c7sc7c(-c9ccccc9)cc(-c9ccccc9)cc78)c6)ncn5)c4)cc(-c4ccccc4)cc23)=C1. The molecule has 0 atom stereocenters. The molecule has 0 aliphatic heterocycles. The van der Waals surface area contributed by atoms with Gasteiger partial charge in [0.25, 0.3) is 0 Å². The van der Waals surface area contributed by atoms with Gasteiger partial charge in [-0.15, -0.1) is 22.7 Å². The molecule has 0 unspecified atom stereocenters. The fraction of sp³-hybridized carbons (Fsp3) is 0.0263. The van der Waals surface area contributed by atoms with E-state index in [0.717, 1.165) is 46.5 Å². The average Bonchev–Trinajstić information content (AvgIpc) is 4.21. The van der Waals surface area contributed by atoms with Crippen molar-refractivity contribution in [3.8, 4) is 100 Å². The highest BCUT2D eigenvalue weighted by Crippen LogP contribution is 2.50. The van der Waals surface area contributed by atoms with E-state index >= 15 is 0 Å². The predicted octanol–water partition coefficient (Wildman–Crippen LogP) is 21.9. The largest absolute Gasteiger partial charge is 0.236 e. The summed E-state index contributed by atoms with van der Waals surface area (Å²) in [5.74, 6) is 0. The van der Waals surface area contributed by atoms with Crippen LogP contribution >= 0.6 is 22.7 Å². The second kappa shape index (κ2) is 20.3. The van der Waals surface area contributed by atoms with Crippen LogP contribution in [0.1, 0.15) is 18.4 Å². The number of hydrogen-bond acceptors (Lipinski definition) is 4. The van der Waals surface area contributed by atoms with Crippen LogP contribution in [0.15, 0.2) is 279 Å². The van der Waals surface area contributed by atoms with E-state index in [1.54, 1.807) is 6.33 Å². The first-order chi connectivity index (χ1) is 39.6. The van der Waals surface area contributed by atoms with Crippen LogP contribution < -0.4 is 0 Å². The summed E-state index contributed by atoms with van der Waals surface area (Å²) < 4.78 is 5.17. The molecule has 3 heterocycles. The standard InChI is InChI=1S/C76H50N2S2/c1-7-21-49(22-8-1)59-39-63(53-29-15-5-16-30-53)73-67(43-59)69-45-61(51-25-11-3-12-26-51)41-65(75(69)79-73)55-33-19-35-57(37-55)71-47-72(78-48-77-71)58-36-20-34-56(38-58)66-42-62(52-27-13-4-14-28-52)46-70-68-44-60(50-23-9-2-10-24-50)40-64(74(68)80-76(66)70)54-31-17-6-18-32-54/h1-17,19-31,33-48H,18,32H2. The minimum Gasteiger partial charge on any atom is -0.236 e. The molecule has 0 bridgehead atoms. The summed E-state index contributed by atoms with van der Waals surface area (Å²) >= 11 is 3.81. The minimum atomic E-state index is 0.875. The molecule has 376 valence electrons. The molecular weight excluding hydrogens is 1000 g/mol. The van der Waals surface area contributed by atoms with E-state index in [2.05, 4.69) is 273 Å². The van der Waals surface area contributed by atoms with Crippen LogP contribution in [0.3, 0.4) is 0 Å². The van der Waals surface area contributed by atoms with Crippen LogP contribution in [-0.2, 0) is 0 Å². The molecule has 0 N–H and O–H groups in total. The van der Waals surface area contributed by atoms with Gasteiger partial charge in [-0.25, -0.2) is 9.97 Å². The van der Waals surface area contributed by atoms with E-state index in [0.29, 0.717) is 0 Å². The predicted molar refractivity (Wildman–Crippen MR) is 343 cm³/mol. The Hall–Kier alpha value is -9.58. The molecule has 11 aromatic carbocycles. The number of aromatic nitrogens is 2. The summed E-state index contributed by atoms with van der Waals surface area (Å²) in [6.07, 6.45) is 10.6.